The predicted molar refractivity (Wildman–Crippen MR) is 110 cm³/mol. The molecular weight excluding hydrogens is 444 g/mol. The molecule has 6 nitrogen and oxygen atoms in total. The molecule has 0 aromatic heterocycles. The molecule has 1 fully saturated rings. The molecule has 2 aliphatic heterocycles. The van der Waals surface area contributed by atoms with Crippen molar-refractivity contribution in [3.05, 3.63) is 51.5 Å². The first-order valence-electron chi connectivity index (χ1n) is 9.22. The molecule has 8 heteroatoms. The summed E-state index contributed by atoms with van der Waals surface area (Å²) in [4.78, 5) is 2.67. The maximum Gasteiger partial charge on any atom is 0.243 e. The first-order valence-corrected chi connectivity index (χ1v) is 11.5. The van der Waals surface area contributed by atoms with Gasteiger partial charge in [0.25, 0.3) is 0 Å². The van der Waals surface area contributed by atoms with Crippen LogP contribution in [0.4, 0.5) is 0 Å². The minimum Gasteiger partial charge on any atom is -0.454 e. The molecule has 0 atom stereocenters. The lowest BCUT2D eigenvalue weighted by Crippen LogP contribution is -2.48. The number of hydrogen-bond acceptors (Lipinski definition) is 5. The van der Waals surface area contributed by atoms with Crippen molar-refractivity contribution in [2.75, 3.05) is 33.0 Å². The number of aryl methyl sites for hydroxylation is 2. The van der Waals surface area contributed by atoms with Crippen LogP contribution in [-0.4, -0.2) is 50.6 Å². The van der Waals surface area contributed by atoms with Crippen LogP contribution in [0.5, 0.6) is 11.5 Å². The number of benzene rings is 2. The van der Waals surface area contributed by atoms with E-state index in [1.807, 2.05) is 38.1 Å². The van der Waals surface area contributed by atoms with Crippen molar-refractivity contribution in [3.63, 3.8) is 0 Å². The SMILES string of the molecule is Cc1cc(S(=O)(=O)N2CCN(Cc3ccc4c(c3)OCO4)CC2)c(C)cc1Br. The molecule has 0 bridgehead atoms. The fourth-order valence-corrected chi connectivity index (χ4v) is 5.77. The van der Waals surface area contributed by atoms with Gasteiger partial charge in [-0.05, 0) is 54.8 Å². The summed E-state index contributed by atoms with van der Waals surface area (Å²) in [5, 5.41) is 0. The molecule has 2 aromatic carbocycles. The maximum absolute atomic E-state index is 13.1. The van der Waals surface area contributed by atoms with Crippen LogP contribution in [0.3, 0.4) is 0 Å². The highest BCUT2D eigenvalue weighted by Crippen LogP contribution is 2.33. The van der Waals surface area contributed by atoms with Crippen molar-refractivity contribution in [2.45, 2.75) is 25.3 Å². The average molecular weight is 467 g/mol. The molecule has 0 amide bonds. The third kappa shape index (κ3) is 3.78. The maximum atomic E-state index is 13.1. The summed E-state index contributed by atoms with van der Waals surface area (Å²) in [6, 6.07) is 9.59. The summed E-state index contributed by atoms with van der Waals surface area (Å²) in [5.74, 6) is 1.56. The monoisotopic (exact) mass is 466 g/mol. The van der Waals surface area contributed by atoms with Crippen LogP contribution < -0.4 is 9.47 Å². The third-order valence-electron chi connectivity index (χ3n) is 5.25. The van der Waals surface area contributed by atoms with E-state index in [4.69, 9.17) is 9.47 Å². The van der Waals surface area contributed by atoms with Gasteiger partial charge in [-0.2, -0.15) is 4.31 Å². The van der Waals surface area contributed by atoms with Gasteiger partial charge in [0, 0.05) is 37.2 Å². The van der Waals surface area contributed by atoms with Crippen LogP contribution in [0.15, 0.2) is 39.7 Å². The lowest BCUT2D eigenvalue weighted by atomic mass is 10.2. The Kier molecular flexibility index (Phi) is 5.39. The molecule has 150 valence electrons. The summed E-state index contributed by atoms with van der Waals surface area (Å²) in [6.45, 7) is 7.15. The lowest BCUT2D eigenvalue weighted by Gasteiger charge is -2.34. The van der Waals surface area contributed by atoms with E-state index in [0.29, 0.717) is 31.1 Å². The Balaban J connectivity index is 1.43. The van der Waals surface area contributed by atoms with Gasteiger partial charge in [-0.3, -0.25) is 4.90 Å². The molecule has 0 radical (unpaired) electrons. The van der Waals surface area contributed by atoms with Crippen molar-refractivity contribution in [2.24, 2.45) is 0 Å². The zero-order chi connectivity index (χ0) is 19.9. The molecule has 28 heavy (non-hydrogen) atoms. The normalized spacial score (nSPS) is 17.8. The largest absolute Gasteiger partial charge is 0.454 e. The molecule has 0 aliphatic carbocycles. The second kappa shape index (κ2) is 7.67. The second-order valence-corrected chi connectivity index (χ2v) is 10.00. The molecule has 2 heterocycles. The van der Waals surface area contributed by atoms with E-state index < -0.39 is 10.0 Å². The molecule has 0 N–H and O–H groups in total. The third-order valence-corrected chi connectivity index (χ3v) is 8.14. The lowest BCUT2D eigenvalue weighted by molar-refractivity contribution is 0.173. The van der Waals surface area contributed by atoms with Gasteiger partial charge >= 0.3 is 0 Å². The van der Waals surface area contributed by atoms with E-state index in [2.05, 4.69) is 20.8 Å². The van der Waals surface area contributed by atoms with Crippen molar-refractivity contribution in [1.29, 1.82) is 0 Å². The van der Waals surface area contributed by atoms with E-state index in [0.717, 1.165) is 39.2 Å². The second-order valence-electron chi connectivity index (χ2n) is 7.23. The van der Waals surface area contributed by atoms with E-state index in [1.165, 1.54) is 0 Å². The molecule has 2 aromatic rings. The van der Waals surface area contributed by atoms with Crippen LogP contribution in [0.2, 0.25) is 0 Å². The Labute approximate surface area is 174 Å². The van der Waals surface area contributed by atoms with E-state index >= 15 is 0 Å². The van der Waals surface area contributed by atoms with E-state index in [1.54, 1.807) is 10.4 Å². The fraction of sp³-hybridized carbons (Fsp3) is 0.400. The summed E-state index contributed by atoms with van der Waals surface area (Å²) in [6.07, 6.45) is 0. The van der Waals surface area contributed by atoms with Crippen LogP contribution in [0, 0.1) is 13.8 Å². The summed E-state index contributed by atoms with van der Waals surface area (Å²) in [7, 11) is -3.49. The Bertz CT molecular complexity index is 1000. The van der Waals surface area contributed by atoms with Gasteiger partial charge in [-0.15, -0.1) is 0 Å². The summed E-state index contributed by atoms with van der Waals surface area (Å²) < 4.78 is 39.6. The van der Waals surface area contributed by atoms with Crippen LogP contribution in [0.1, 0.15) is 16.7 Å². The molecule has 0 saturated carbocycles. The fourth-order valence-electron chi connectivity index (χ4n) is 3.60. The van der Waals surface area contributed by atoms with Gasteiger partial charge in [0.1, 0.15) is 0 Å². The van der Waals surface area contributed by atoms with Gasteiger partial charge in [0.15, 0.2) is 11.5 Å². The summed E-state index contributed by atoms with van der Waals surface area (Å²) in [5.41, 5.74) is 2.82. The molecule has 0 spiro atoms. The van der Waals surface area contributed by atoms with Gasteiger partial charge in [-0.1, -0.05) is 22.0 Å². The number of halogens is 1. The topological polar surface area (TPSA) is 59.1 Å². The smallest absolute Gasteiger partial charge is 0.243 e. The Hall–Kier alpha value is -1.61. The predicted octanol–water partition coefficient (Wildman–Crippen LogP) is 3.30. The van der Waals surface area contributed by atoms with E-state index in [9.17, 15) is 8.42 Å². The number of fused-ring (bicyclic) bond motifs is 1. The van der Waals surface area contributed by atoms with Gasteiger partial charge in [0.2, 0.25) is 16.8 Å². The van der Waals surface area contributed by atoms with E-state index in [-0.39, 0.29) is 6.79 Å². The summed E-state index contributed by atoms with van der Waals surface area (Å²) >= 11 is 3.47. The Morgan fingerprint density at radius 2 is 1.68 bits per heavy atom. The van der Waals surface area contributed by atoms with Crippen molar-refractivity contribution < 1.29 is 17.9 Å². The standard InChI is InChI=1S/C20H23BrN2O4S/c1-14-10-20(15(2)9-17(14)21)28(24,25)23-7-5-22(6-8-23)12-16-3-4-18-19(11-16)27-13-26-18/h3-4,9-11H,5-8,12-13H2,1-2H3. The quantitative estimate of drug-likeness (QED) is 0.691. The number of sulfonamides is 1. The highest BCUT2D eigenvalue weighted by molar-refractivity contribution is 9.10. The highest BCUT2D eigenvalue weighted by atomic mass is 79.9. The average Bonchev–Trinajstić information content (AvgIpc) is 3.13. The van der Waals surface area contributed by atoms with Crippen LogP contribution in [0.25, 0.3) is 0 Å². The van der Waals surface area contributed by atoms with Gasteiger partial charge < -0.3 is 9.47 Å². The number of piperazine rings is 1. The van der Waals surface area contributed by atoms with Gasteiger partial charge in [0.05, 0.1) is 4.90 Å². The molecule has 2 aliphatic rings. The number of ether oxygens (including phenoxy) is 2. The minimum absolute atomic E-state index is 0.268. The molecular formula is C20H23BrN2O4S. The highest BCUT2D eigenvalue weighted by Gasteiger charge is 2.30. The number of hydrogen-bond donors (Lipinski definition) is 0. The zero-order valence-electron chi connectivity index (χ0n) is 15.9. The minimum atomic E-state index is -3.49. The zero-order valence-corrected chi connectivity index (χ0v) is 18.3. The van der Waals surface area contributed by atoms with Crippen molar-refractivity contribution >= 4 is 26.0 Å². The molecule has 1 saturated heterocycles. The number of rotatable bonds is 4. The Morgan fingerprint density at radius 1 is 0.964 bits per heavy atom. The van der Waals surface area contributed by atoms with Crippen molar-refractivity contribution in [3.8, 4) is 11.5 Å². The Morgan fingerprint density at radius 3 is 2.43 bits per heavy atom. The van der Waals surface area contributed by atoms with Gasteiger partial charge in [-0.25, -0.2) is 8.42 Å². The molecule has 0 unspecified atom stereocenters. The van der Waals surface area contributed by atoms with Crippen molar-refractivity contribution in [1.82, 2.24) is 9.21 Å². The van der Waals surface area contributed by atoms with Crippen LogP contribution in [-0.2, 0) is 16.6 Å². The first kappa shape index (κ1) is 19.7. The van der Waals surface area contributed by atoms with Crippen LogP contribution >= 0.6 is 15.9 Å². The first-order chi connectivity index (χ1) is 13.3. The molecule has 4 rings (SSSR count). The number of nitrogens with zero attached hydrogens (tertiary/aromatic N) is 2.